The number of aryl methyl sites for hydroxylation is 2. The van der Waals surface area contributed by atoms with E-state index in [-0.39, 0.29) is 10.8 Å². The minimum atomic E-state index is 0.160. The Bertz CT molecular complexity index is 887. The Kier molecular flexibility index (Phi) is 4.88. The third kappa shape index (κ3) is 3.63. The van der Waals surface area contributed by atoms with Gasteiger partial charge in [-0.15, -0.1) is 0 Å². The van der Waals surface area contributed by atoms with Crippen molar-refractivity contribution in [2.75, 3.05) is 11.1 Å². The fourth-order valence-corrected chi connectivity index (χ4v) is 4.30. The molecule has 0 spiro atoms. The fourth-order valence-electron chi connectivity index (χ4n) is 4.30. The molecule has 0 saturated carbocycles. The predicted molar refractivity (Wildman–Crippen MR) is 119 cm³/mol. The number of anilines is 2. The summed E-state index contributed by atoms with van der Waals surface area (Å²) in [6.45, 7) is 18.0. The van der Waals surface area contributed by atoms with Gasteiger partial charge in [0.05, 0.1) is 0 Å². The van der Waals surface area contributed by atoms with Gasteiger partial charge in [0.2, 0.25) is 0 Å². The molecule has 0 amide bonds. The van der Waals surface area contributed by atoms with E-state index in [1.807, 2.05) is 0 Å². The summed E-state index contributed by atoms with van der Waals surface area (Å²) in [5, 5.41) is 3.47. The van der Waals surface area contributed by atoms with E-state index in [1.54, 1.807) is 0 Å². The number of nitrogen functional groups attached to an aromatic ring is 1. The van der Waals surface area contributed by atoms with E-state index in [1.165, 1.54) is 35.1 Å². The highest BCUT2D eigenvalue weighted by Crippen LogP contribution is 2.47. The number of rotatable bonds is 4. The molecule has 2 nitrogen and oxygen atoms in total. The molecule has 0 aliphatic heterocycles. The van der Waals surface area contributed by atoms with Crippen molar-refractivity contribution < 1.29 is 0 Å². The maximum Gasteiger partial charge on any atom is 0.0411 e. The van der Waals surface area contributed by atoms with Gasteiger partial charge < -0.3 is 11.1 Å². The second-order valence-electron chi connectivity index (χ2n) is 9.35. The van der Waals surface area contributed by atoms with Crippen LogP contribution in [0.4, 0.5) is 11.4 Å². The average molecular weight is 363 g/mol. The van der Waals surface area contributed by atoms with E-state index >= 15 is 0 Å². The first kappa shape index (κ1) is 19.5. The number of hydrogen-bond donors (Lipinski definition) is 2. The Hall–Kier alpha value is -2.22. The Labute approximate surface area is 164 Å². The minimum Gasteiger partial charge on any atom is -0.398 e. The fraction of sp³-hybridized carbons (Fsp3) is 0.440. The molecule has 0 heterocycles. The lowest BCUT2D eigenvalue weighted by Crippen LogP contribution is -2.34. The van der Waals surface area contributed by atoms with Gasteiger partial charge >= 0.3 is 0 Å². The third-order valence-electron chi connectivity index (χ3n) is 6.37. The Morgan fingerprint density at radius 3 is 2.19 bits per heavy atom. The molecule has 0 fully saturated rings. The van der Waals surface area contributed by atoms with Gasteiger partial charge in [-0.25, -0.2) is 0 Å². The molecule has 2 heteroatoms. The zero-order valence-corrected chi connectivity index (χ0v) is 17.8. The normalized spacial score (nSPS) is 17.3. The molecule has 0 radical (unpaired) electrons. The quantitative estimate of drug-likeness (QED) is 0.603. The second kappa shape index (κ2) is 6.74. The molecule has 2 aromatic carbocycles. The SMILES string of the molecule is C=C(Nc1ccc(CC)c(C)c1)c1cc2c(cc1N)C(C)(C)CCC2(C)C. The zero-order chi connectivity index (χ0) is 20.0. The summed E-state index contributed by atoms with van der Waals surface area (Å²) >= 11 is 0. The molecule has 3 rings (SSSR count). The van der Waals surface area contributed by atoms with Crippen LogP contribution >= 0.6 is 0 Å². The van der Waals surface area contributed by atoms with Crippen molar-refractivity contribution in [2.24, 2.45) is 0 Å². The lowest BCUT2D eigenvalue weighted by Gasteiger charge is -2.42. The number of fused-ring (bicyclic) bond motifs is 1. The van der Waals surface area contributed by atoms with Crippen LogP contribution in [0.25, 0.3) is 5.70 Å². The molecule has 1 aliphatic rings. The predicted octanol–water partition coefficient (Wildman–Crippen LogP) is 6.57. The molecule has 2 aromatic rings. The molecule has 0 bridgehead atoms. The van der Waals surface area contributed by atoms with Gasteiger partial charge in [0.15, 0.2) is 0 Å². The summed E-state index contributed by atoms with van der Waals surface area (Å²) in [6, 6.07) is 11.0. The van der Waals surface area contributed by atoms with Crippen molar-refractivity contribution >= 4 is 17.1 Å². The first-order chi connectivity index (χ1) is 12.5. The number of hydrogen-bond acceptors (Lipinski definition) is 2. The van der Waals surface area contributed by atoms with Gasteiger partial charge in [-0.3, -0.25) is 0 Å². The van der Waals surface area contributed by atoms with E-state index in [9.17, 15) is 0 Å². The zero-order valence-electron chi connectivity index (χ0n) is 17.8. The first-order valence-corrected chi connectivity index (χ1v) is 10.1. The molecule has 0 atom stereocenters. The van der Waals surface area contributed by atoms with Gasteiger partial charge in [-0.1, -0.05) is 47.3 Å². The van der Waals surface area contributed by atoms with Crippen LogP contribution in [0.2, 0.25) is 0 Å². The van der Waals surface area contributed by atoms with Gasteiger partial charge in [0, 0.05) is 22.6 Å². The largest absolute Gasteiger partial charge is 0.398 e. The second-order valence-corrected chi connectivity index (χ2v) is 9.35. The van der Waals surface area contributed by atoms with E-state index in [0.29, 0.717) is 0 Å². The third-order valence-corrected chi connectivity index (χ3v) is 6.37. The lowest BCUT2D eigenvalue weighted by molar-refractivity contribution is 0.332. The summed E-state index contributed by atoms with van der Waals surface area (Å²) in [4.78, 5) is 0. The van der Waals surface area contributed by atoms with Crippen molar-refractivity contribution in [2.45, 2.75) is 71.6 Å². The van der Waals surface area contributed by atoms with Crippen LogP contribution in [0.15, 0.2) is 36.9 Å². The number of benzene rings is 2. The molecule has 0 saturated heterocycles. The summed E-state index contributed by atoms with van der Waals surface area (Å²) in [5.74, 6) is 0. The highest BCUT2D eigenvalue weighted by Gasteiger charge is 2.37. The van der Waals surface area contributed by atoms with Crippen LogP contribution in [0.1, 0.15) is 75.3 Å². The van der Waals surface area contributed by atoms with E-state index < -0.39 is 0 Å². The average Bonchev–Trinajstić information content (AvgIpc) is 2.59. The summed E-state index contributed by atoms with van der Waals surface area (Å²) < 4.78 is 0. The monoisotopic (exact) mass is 362 g/mol. The van der Waals surface area contributed by atoms with Crippen molar-refractivity contribution in [1.82, 2.24) is 0 Å². The summed E-state index contributed by atoms with van der Waals surface area (Å²) in [7, 11) is 0. The van der Waals surface area contributed by atoms with E-state index in [0.717, 1.165) is 29.1 Å². The van der Waals surface area contributed by atoms with Crippen LogP contribution in [0.5, 0.6) is 0 Å². The minimum absolute atomic E-state index is 0.160. The van der Waals surface area contributed by atoms with Crippen molar-refractivity contribution in [3.8, 4) is 0 Å². The molecule has 27 heavy (non-hydrogen) atoms. The summed E-state index contributed by atoms with van der Waals surface area (Å²) in [5.41, 5.74) is 16.0. The molecule has 0 unspecified atom stereocenters. The van der Waals surface area contributed by atoms with Crippen LogP contribution in [-0.2, 0) is 17.3 Å². The molecule has 3 N–H and O–H groups in total. The maximum absolute atomic E-state index is 6.48. The van der Waals surface area contributed by atoms with Gasteiger partial charge in [-0.2, -0.15) is 0 Å². The van der Waals surface area contributed by atoms with Crippen LogP contribution in [0.3, 0.4) is 0 Å². The maximum atomic E-state index is 6.48. The highest BCUT2D eigenvalue weighted by molar-refractivity contribution is 5.82. The molecule has 1 aliphatic carbocycles. The van der Waals surface area contributed by atoms with Crippen LogP contribution < -0.4 is 11.1 Å². The smallest absolute Gasteiger partial charge is 0.0411 e. The Balaban J connectivity index is 1.97. The molecule has 144 valence electrons. The topological polar surface area (TPSA) is 38.0 Å². The van der Waals surface area contributed by atoms with Crippen molar-refractivity contribution in [1.29, 1.82) is 0 Å². The van der Waals surface area contributed by atoms with Crippen molar-refractivity contribution in [3.05, 3.63) is 64.7 Å². The van der Waals surface area contributed by atoms with Crippen LogP contribution in [0, 0.1) is 6.92 Å². The molecule has 0 aromatic heterocycles. The molecular formula is C25H34N2. The first-order valence-electron chi connectivity index (χ1n) is 10.1. The highest BCUT2D eigenvalue weighted by atomic mass is 14.9. The molecular weight excluding hydrogens is 328 g/mol. The van der Waals surface area contributed by atoms with E-state index in [4.69, 9.17) is 5.73 Å². The van der Waals surface area contributed by atoms with Gasteiger partial charge in [0.1, 0.15) is 0 Å². The number of nitrogens with two attached hydrogens (primary N) is 1. The Morgan fingerprint density at radius 1 is 1.04 bits per heavy atom. The Morgan fingerprint density at radius 2 is 1.63 bits per heavy atom. The van der Waals surface area contributed by atoms with E-state index in [2.05, 4.69) is 83.8 Å². The van der Waals surface area contributed by atoms with Gasteiger partial charge in [0.25, 0.3) is 0 Å². The van der Waals surface area contributed by atoms with Crippen LogP contribution in [-0.4, -0.2) is 0 Å². The summed E-state index contributed by atoms with van der Waals surface area (Å²) in [6.07, 6.45) is 3.43. The van der Waals surface area contributed by atoms with Crippen molar-refractivity contribution in [3.63, 3.8) is 0 Å². The number of nitrogens with one attached hydrogen (secondary N) is 1. The lowest BCUT2D eigenvalue weighted by atomic mass is 9.62. The standard InChI is InChI=1S/C25H34N2/c1-8-18-9-10-19(13-16(18)2)27-17(3)20-14-21-22(15-23(20)26)25(6,7)12-11-24(21,4)5/h9-10,13-15,27H,3,8,11-12,26H2,1-2,4-7H3. The van der Waals surface area contributed by atoms with Gasteiger partial charge in [-0.05, 0) is 83.5 Å².